The Hall–Kier alpha value is -1.77. The number of carbonyl (C=O) groups is 1. The molecule has 1 N–H and O–H groups in total. The van der Waals surface area contributed by atoms with Crippen molar-refractivity contribution in [1.82, 2.24) is 0 Å². The molecule has 0 unspecified atom stereocenters. The van der Waals surface area contributed by atoms with Crippen LogP contribution in [0.3, 0.4) is 0 Å². The minimum atomic E-state index is 0.269. The molecular weight excluding hydrogens is 214 g/mol. The molecule has 0 aliphatic rings. The molecule has 0 amide bonds. The fourth-order valence-corrected chi connectivity index (χ4v) is 1.44. The van der Waals surface area contributed by atoms with Gasteiger partial charge in [0, 0.05) is 25.1 Å². The molecule has 3 heteroatoms. The second-order valence-electron chi connectivity index (χ2n) is 3.77. The van der Waals surface area contributed by atoms with E-state index in [1.807, 2.05) is 24.3 Å². The van der Waals surface area contributed by atoms with Crippen LogP contribution < -0.4 is 10.1 Å². The number of carbonyl (C=O) groups excluding carboxylic acids is 1. The molecule has 0 aliphatic heterocycles. The van der Waals surface area contributed by atoms with Crippen LogP contribution in [0.2, 0.25) is 0 Å². The van der Waals surface area contributed by atoms with Crippen molar-refractivity contribution in [3.63, 3.8) is 0 Å². The Morgan fingerprint density at radius 1 is 1.35 bits per heavy atom. The molecule has 17 heavy (non-hydrogen) atoms. The highest BCUT2D eigenvalue weighted by atomic mass is 16.5. The Balaban J connectivity index is 2.25. The van der Waals surface area contributed by atoms with Crippen LogP contribution in [0, 0.1) is 0 Å². The van der Waals surface area contributed by atoms with Gasteiger partial charge in [0.05, 0.1) is 7.11 Å². The summed E-state index contributed by atoms with van der Waals surface area (Å²) in [5, 5.41) is 3.20. The van der Waals surface area contributed by atoms with Gasteiger partial charge >= 0.3 is 0 Å². The van der Waals surface area contributed by atoms with Crippen molar-refractivity contribution in [2.24, 2.45) is 0 Å². The fraction of sp³-hybridized carbons (Fsp3) is 0.357. The molecule has 1 aromatic rings. The largest absolute Gasteiger partial charge is 0.497 e. The lowest BCUT2D eigenvalue weighted by molar-refractivity contribution is -0.118. The lowest BCUT2D eigenvalue weighted by atomic mass is 10.1. The number of benzene rings is 1. The number of hydrogen-bond donors (Lipinski definition) is 1. The van der Waals surface area contributed by atoms with Gasteiger partial charge < -0.3 is 10.1 Å². The second kappa shape index (κ2) is 7.49. The highest BCUT2D eigenvalue weighted by molar-refractivity contribution is 5.79. The Morgan fingerprint density at radius 2 is 2.06 bits per heavy atom. The number of nitrogens with one attached hydrogen (secondary N) is 1. The molecule has 3 nitrogen and oxygen atoms in total. The average molecular weight is 233 g/mol. The monoisotopic (exact) mass is 233 g/mol. The van der Waals surface area contributed by atoms with E-state index in [0.29, 0.717) is 19.4 Å². The standard InChI is InChI=1S/C14H19NO2/c1-3-4-5-13(16)10-11-15-12-6-8-14(17-2)9-7-12/h3,6-9,15H,1,4-5,10-11H2,2H3. The minimum absolute atomic E-state index is 0.269. The smallest absolute Gasteiger partial charge is 0.134 e. The van der Waals surface area contributed by atoms with E-state index in [2.05, 4.69) is 11.9 Å². The van der Waals surface area contributed by atoms with Crippen molar-refractivity contribution in [2.75, 3.05) is 19.0 Å². The second-order valence-corrected chi connectivity index (χ2v) is 3.77. The molecule has 0 aliphatic carbocycles. The van der Waals surface area contributed by atoms with E-state index in [9.17, 15) is 4.79 Å². The third kappa shape index (κ3) is 5.20. The molecule has 0 saturated carbocycles. The summed E-state index contributed by atoms with van der Waals surface area (Å²) in [7, 11) is 1.64. The molecule has 0 bridgehead atoms. The maximum atomic E-state index is 11.4. The van der Waals surface area contributed by atoms with Crippen LogP contribution in [-0.2, 0) is 4.79 Å². The number of anilines is 1. The van der Waals surface area contributed by atoms with Gasteiger partial charge in [-0.25, -0.2) is 0 Å². The number of Topliss-reactive ketones (excluding diaryl/α,β-unsaturated/α-hetero) is 1. The molecule has 1 rings (SSSR count). The van der Waals surface area contributed by atoms with Crippen LogP contribution in [-0.4, -0.2) is 19.4 Å². The maximum absolute atomic E-state index is 11.4. The number of ether oxygens (including phenoxy) is 1. The highest BCUT2D eigenvalue weighted by Crippen LogP contribution is 2.14. The van der Waals surface area contributed by atoms with Gasteiger partial charge in [0.1, 0.15) is 11.5 Å². The zero-order chi connectivity index (χ0) is 12.5. The predicted molar refractivity (Wildman–Crippen MR) is 70.5 cm³/mol. The van der Waals surface area contributed by atoms with E-state index in [4.69, 9.17) is 4.74 Å². The summed E-state index contributed by atoms with van der Waals surface area (Å²) >= 11 is 0. The molecule has 0 spiro atoms. The van der Waals surface area contributed by atoms with E-state index >= 15 is 0 Å². The first-order valence-electron chi connectivity index (χ1n) is 5.77. The maximum Gasteiger partial charge on any atom is 0.134 e. The molecule has 0 heterocycles. The zero-order valence-electron chi connectivity index (χ0n) is 10.2. The number of methoxy groups -OCH3 is 1. The van der Waals surface area contributed by atoms with Gasteiger partial charge in [-0.05, 0) is 30.7 Å². The molecule has 0 saturated heterocycles. The molecule has 0 atom stereocenters. The number of allylic oxidation sites excluding steroid dienone is 1. The summed E-state index contributed by atoms with van der Waals surface area (Å²) in [5.74, 6) is 1.10. The van der Waals surface area contributed by atoms with E-state index in [1.54, 1.807) is 13.2 Å². The van der Waals surface area contributed by atoms with Gasteiger partial charge in [-0.3, -0.25) is 4.79 Å². The summed E-state index contributed by atoms with van der Waals surface area (Å²) < 4.78 is 5.06. The van der Waals surface area contributed by atoms with Crippen molar-refractivity contribution in [2.45, 2.75) is 19.3 Å². The quantitative estimate of drug-likeness (QED) is 0.701. The summed E-state index contributed by atoms with van der Waals surface area (Å²) in [5.41, 5.74) is 1.00. The van der Waals surface area contributed by atoms with Crippen LogP contribution in [0.25, 0.3) is 0 Å². The van der Waals surface area contributed by atoms with Crippen molar-refractivity contribution in [3.05, 3.63) is 36.9 Å². The number of ketones is 1. The first-order chi connectivity index (χ1) is 8.26. The minimum Gasteiger partial charge on any atom is -0.497 e. The first-order valence-corrected chi connectivity index (χ1v) is 5.77. The van der Waals surface area contributed by atoms with Crippen molar-refractivity contribution < 1.29 is 9.53 Å². The van der Waals surface area contributed by atoms with E-state index in [-0.39, 0.29) is 5.78 Å². The molecule has 0 radical (unpaired) electrons. The van der Waals surface area contributed by atoms with Crippen LogP contribution in [0.5, 0.6) is 5.75 Å². The molecule has 1 aromatic carbocycles. The van der Waals surface area contributed by atoms with Crippen LogP contribution in [0.4, 0.5) is 5.69 Å². The Labute approximate surface area is 102 Å². The Bertz CT molecular complexity index is 357. The molecule has 92 valence electrons. The summed E-state index contributed by atoms with van der Waals surface area (Å²) in [4.78, 5) is 11.4. The van der Waals surface area contributed by atoms with Crippen LogP contribution >= 0.6 is 0 Å². The third-order valence-corrected chi connectivity index (χ3v) is 2.45. The van der Waals surface area contributed by atoms with Crippen LogP contribution in [0.15, 0.2) is 36.9 Å². The summed E-state index contributed by atoms with van der Waals surface area (Å²) in [6.07, 6.45) is 3.68. The van der Waals surface area contributed by atoms with Gasteiger partial charge in [-0.1, -0.05) is 6.08 Å². The topological polar surface area (TPSA) is 38.3 Å². The third-order valence-electron chi connectivity index (χ3n) is 2.45. The normalized spacial score (nSPS) is 9.71. The first kappa shape index (κ1) is 13.3. The number of hydrogen-bond acceptors (Lipinski definition) is 3. The Kier molecular flexibility index (Phi) is 5.86. The van der Waals surface area contributed by atoms with E-state index < -0.39 is 0 Å². The van der Waals surface area contributed by atoms with Gasteiger partial charge in [-0.2, -0.15) is 0 Å². The van der Waals surface area contributed by atoms with E-state index in [1.165, 1.54) is 0 Å². The SMILES string of the molecule is C=CCCC(=O)CCNc1ccc(OC)cc1. The highest BCUT2D eigenvalue weighted by Gasteiger charge is 2.00. The van der Waals surface area contributed by atoms with Gasteiger partial charge in [0.25, 0.3) is 0 Å². The predicted octanol–water partition coefficient (Wildman–Crippen LogP) is 3.03. The van der Waals surface area contributed by atoms with E-state index in [0.717, 1.165) is 17.9 Å². The Morgan fingerprint density at radius 3 is 2.65 bits per heavy atom. The lowest BCUT2D eigenvalue weighted by Gasteiger charge is -2.06. The number of rotatable bonds is 8. The molecule has 0 fully saturated rings. The van der Waals surface area contributed by atoms with Crippen molar-refractivity contribution >= 4 is 11.5 Å². The van der Waals surface area contributed by atoms with Gasteiger partial charge in [-0.15, -0.1) is 6.58 Å². The van der Waals surface area contributed by atoms with Crippen molar-refractivity contribution in [1.29, 1.82) is 0 Å². The average Bonchev–Trinajstić information content (AvgIpc) is 2.37. The zero-order valence-corrected chi connectivity index (χ0v) is 10.2. The molecule has 0 aromatic heterocycles. The van der Waals surface area contributed by atoms with Crippen LogP contribution in [0.1, 0.15) is 19.3 Å². The van der Waals surface area contributed by atoms with Gasteiger partial charge in [0.2, 0.25) is 0 Å². The van der Waals surface area contributed by atoms with Gasteiger partial charge in [0.15, 0.2) is 0 Å². The van der Waals surface area contributed by atoms with Crippen molar-refractivity contribution in [3.8, 4) is 5.75 Å². The lowest BCUT2D eigenvalue weighted by Crippen LogP contribution is -2.08. The fourth-order valence-electron chi connectivity index (χ4n) is 1.44. The molecular formula is C14H19NO2. The summed E-state index contributed by atoms with van der Waals surface area (Å²) in [6.45, 7) is 4.27. The summed E-state index contributed by atoms with van der Waals surface area (Å²) in [6, 6.07) is 7.66.